The van der Waals surface area contributed by atoms with E-state index in [1.807, 2.05) is 13.8 Å². The molecule has 2 N–H and O–H groups in total. The summed E-state index contributed by atoms with van der Waals surface area (Å²) in [5.41, 5.74) is 1.57. The molecule has 0 spiro atoms. The molecule has 4 heteroatoms. The Balaban J connectivity index is 2.11. The highest BCUT2D eigenvalue weighted by atomic mass is 16.3. The second-order valence-corrected chi connectivity index (χ2v) is 5.86. The maximum absolute atomic E-state index is 12.6. The van der Waals surface area contributed by atoms with Crippen molar-refractivity contribution in [2.45, 2.75) is 13.8 Å². The summed E-state index contributed by atoms with van der Waals surface area (Å²) in [4.78, 5) is 25.1. The zero-order valence-corrected chi connectivity index (χ0v) is 12.5. The van der Waals surface area contributed by atoms with Crippen LogP contribution in [0.2, 0.25) is 0 Å². The average molecular weight is 295 g/mol. The Morgan fingerprint density at radius 1 is 0.955 bits per heavy atom. The molecular formula is C18H17NO3. The minimum absolute atomic E-state index is 0.0949. The number of aromatic hydroxyl groups is 1. The van der Waals surface area contributed by atoms with Crippen molar-refractivity contribution in [2.75, 3.05) is 11.9 Å². The summed E-state index contributed by atoms with van der Waals surface area (Å²) < 4.78 is 0. The van der Waals surface area contributed by atoms with Gasteiger partial charge in [0.05, 0.1) is 11.3 Å². The fourth-order valence-corrected chi connectivity index (χ4v) is 2.63. The van der Waals surface area contributed by atoms with Gasteiger partial charge in [-0.25, -0.2) is 0 Å². The molecular weight excluding hydrogens is 278 g/mol. The predicted molar refractivity (Wildman–Crippen MR) is 84.7 cm³/mol. The van der Waals surface area contributed by atoms with Crippen molar-refractivity contribution >= 4 is 17.3 Å². The minimum atomic E-state index is -0.309. The van der Waals surface area contributed by atoms with Crippen LogP contribution < -0.4 is 5.32 Å². The van der Waals surface area contributed by atoms with E-state index < -0.39 is 0 Å². The molecule has 0 radical (unpaired) electrons. The number of hydrogen-bond acceptors (Lipinski definition) is 4. The molecule has 0 fully saturated rings. The second kappa shape index (κ2) is 5.30. The monoisotopic (exact) mass is 295 g/mol. The third-order valence-corrected chi connectivity index (χ3v) is 3.77. The van der Waals surface area contributed by atoms with E-state index in [0.29, 0.717) is 29.3 Å². The van der Waals surface area contributed by atoms with Crippen LogP contribution in [0.5, 0.6) is 5.75 Å². The van der Waals surface area contributed by atoms with Crippen molar-refractivity contribution in [3.05, 3.63) is 58.7 Å². The number of phenolic OH excluding ortho intramolecular Hbond substituents is 1. The van der Waals surface area contributed by atoms with Crippen molar-refractivity contribution in [3.8, 4) is 5.75 Å². The molecule has 4 nitrogen and oxygen atoms in total. The number of benzene rings is 2. The van der Waals surface area contributed by atoms with E-state index in [4.69, 9.17) is 0 Å². The SMILES string of the molecule is CC(C)CNc1ccc2c(c1O)C(=O)c1ccccc1C2=O. The van der Waals surface area contributed by atoms with Gasteiger partial charge in [0.2, 0.25) is 0 Å². The van der Waals surface area contributed by atoms with Gasteiger partial charge in [-0.05, 0) is 18.1 Å². The number of rotatable bonds is 3. The van der Waals surface area contributed by atoms with Gasteiger partial charge in [0.25, 0.3) is 0 Å². The third kappa shape index (κ3) is 2.17. The molecule has 1 aliphatic carbocycles. The number of hydrogen-bond donors (Lipinski definition) is 2. The smallest absolute Gasteiger partial charge is 0.198 e. The highest BCUT2D eigenvalue weighted by molar-refractivity contribution is 6.29. The van der Waals surface area contributed by atoms with E-state index in [1.54, 1.807) is 36.4 Å². The van der Waals surface area contributed by atoms with Gasteiger partial charge in [-0.3, -0.25) is 9.59 Å². The van der Waals surface area contributed by atoms with Crippen LogP contribution >= 0.6 is 0 Å². The fraction of sp³-hybridized carbons (Fsp3) is 0.222. The standard InChI is InChI=1S/C18H17NO3/c1-10(2)9-19-14-8-7-13-15(18(14)22)17(21)12-6-4-3-5-11(12)16(13)20/h3-8,10,19,22H,9H2,1-2H3. The number of carbonyl (C=O) groups excluding carboxylic acids is 2. The quantitative estimate of drug-likeness (QED) is 0.728. The lowest BCUT2D eigenvalue weighted by Crippen LogP contribution is -2.21. The number of fused-ring (bicyclic) bond motifs is 2. The molecule has 0 aromatic heterocycles. The van der Waals surface area contributed by atoms with Gasteiger partial charge in [-0.15, -0.1) is 0 Å². The molecule has 0 bridgehead atoms. The Bertz CT molecular complexity index is 778. The first-order valence-corrected chi connectivity index (χ1v) is 7.29. The molecule has 2 aromatic carbocycles. The lowest BCUT2D eigenvalue weighted by Gasteiger charge is -2.20. The van der Waals surface area contributed by atoms with E-state index in [9.17, 15) is 14.7 Å². The van der Waals surface area contributed by atoms with Gasteiger partial charge in [0, 0.05) is 23.2 Å². The first-order chi connectivity index (χ1) is 10.5. The number of anilines is 1. The molecule has 0 amide bonds. The van der Waals surface area contributed by atoms with Gasteiger partial charge < -0.3 is 10.4 Å². The summed E-state index contributed by atoms with van der Waals surface area (Å²) in [5, 5.41) is 13.5. The van der Waals surface area contributed by atoms with Crippen LogP contribution in [-0.2, 0) is 0 Å². The van der Waals surface area contributed by atoms with E-state index in [2.05, 4.69) is 5.32 Å². The maximum atomic E-state index is 12.6. The number of nitrogens with one attached hydrogen (secondary N) is 1. The molecule has 0 saturated heterocycles. The summed E-state index contributed by atoms with van der Waals surface area (Å²) in [7, 11) is 0. The number of ketones is 2. The molecule has 0 unspecified atom stereocenters. The summed E-state index contributed by atoms with van der Waals surface area (Å²) in [6.07, 6.45) is 0. The number of phenols is 1. The Kier molecular flexibility index (Phi) is 3.45. The number of carbonyl (C=O) groups is 2. The fourth-order valence-electron chi connectivity index (χ4n) is 2.63. The van der Waals surface area contributed by atoms with Crippen molar-refractivity contribution in [1.82, 2.24) is 0 Å². The zero-order valence-electron chi connectivity index (χ0n) is 12.5. The van der Waals surface area contributed by atoms with Gasteiger partial charge in [0.15, 0.2) is 17.3 Å². The zero-order chi connectivity index (χ0) is 15.9. The van der Waals surface area contributed by atoms with Crippen LogP contribution in [-0.4, -0.2) is 23.2 Å². The largest absolute Gasteiger partial charge is 0.505 e. The normalized spacial score (nSPS) is 13.0. The van der Waals surface area contributed by atoms with E-state index in [-0.39, 0.29) is 28.4 Å². The van der Waals surface area contributed by atoms with Crippen LogP contribution in [0.25, 0.3) is 0 Å². The van der Waals surface area contributed by atoms with Crippen LogP contribution in [0.4, 0.5) is 5.69 Å². The average Bonchev–Trinajstić information content (AvgIpc) is 2.51. The van der Waals surface area contributed by atoms with Crippen LogP contribution in [0.1, 0.15) is 45.7 Å². The summed E-state index contributed by atoms with van der Waals surface area (Å²) in [5.74, 6) is -0.286. The van der Waals surface area contributed by atoms with Crippen molar-refractivity contribution in [2.24, 2.45) is 5.92 Å². The first kappa shape index (κ1) is 14.3. The molecule has 112 valence electrons. The summed E-state index contributed by atoms with van der Waals surface area (Å²) in [6, 6.07) is 9.95. The lowest BCUT2D eigenvalue weighted by atomic mass is 9.83. The lowest BCUT2D eigenvalue weighted by molar-refractivity contribution is 0.0977. The third-order valence-electron chi connectivity index (χ3n) is 3.77. The minimum Gasteiger partial charge on any atom is -0.505 e. The maximum Gasteiger partial charge on any atom is 0.198 e. The van der Waals surface area contributed by atoms with Crippen molar-refractivity contribution < 1.29 is 14.7 Å². The Morgan fingerprint density at radius 3 is 2.23 bits per heavy atom. The molecule has 0 saturated carbocycles. The summed E-state index contributed by atoms with van der Waals surface area (Å²) >= 11 is 0. The molecule has 3 rings (SSSR count). The van der Waals surface area contributed by atoms with Gasteiger partial charge in [0.1, 0.15) is 0 Å². The van der Waals surface area contributed by atoms with E-state index in [0.717, 1.165) is 0 Å². The van der Waals surface area contributed by atoms with Crippen LogP contribution in [0.15, 0.2) is 36.4 Å². The molecule has 0 atom stereocenters. The van der Waals surface area contributed by atoms with E-state index >= 15 is 0 Å². The van der Waals surface area contributed by atoms with E-state index in [1.165, 1.54) is 0 Å². The molecule has 0 aliphatic heterocycles. The van der Waals surface area contributed by atoms with Gasteiger partial charge in [-0.1, -0.05) is 38.1 Å². The topological polar surface area (TPSA) is 66.4 Å². The molecule has 2 aromatic rings. The van der Waals surface area contributed by atoms with Crippen LogP contribution in [0.3, 0.4) is 0 Å². The molecule has 1 aliphatic rings. The molecule has 0 heterocycles. The second-order valence-electron chi connectivity index (χ2n) is 5.86. The Morgan fingerprint density at radius 2 is 1.59 bits per heavy atom. The Labute approximate surface area is 128 Å². The highest BCUT2D eigenvalue weighted by Crippen LogP contribution is 2.37. The van der Waals surface area contributed by atoms with Crippen molar-refractivity contribution in [1.29, 1.82) is 0 Å². The van der Waals surface area contributed by atoms with Gasteiger partial charge >= 0.3 is 0 Å². The highest BCUT2D eigenvalue weighted by Gasteiger charge is 2.32. The predicted octanol–water partition coefficient (Wildman–Crippen LogP) is 3.24. The van der Waals surface area contributed by atoms with Crippen molar-refractivity contribution in [3.63, 3.8) is 0 Å². The summed E-state index contributed by atoms with van der Waals surface area (Å²) in [6.45, 7) is 4.77. The first-order valence-electron chi connectivity index (χ1n) is 7.29. The van der Waals surface area contributed by atoms with Crippen LogP contribution in [0, 0.1) is 5.92 Å². The molecule has 22 heavy (non-hydrogen) atoms. The van der Waals surface area contributed by atoms with Gasteiger partial charge in [-0.2, -0.15) is 0 Å². The Hall–Kier alpha value is -2.62.